The molecule has 2 aliphatic heterocycles. The molecule has 27 nitrogen and oxygen atoms in total. The Labute approximate surface area is 439 Å². The number of hydrogen-bond donors (Lipinski definition) is 14. The zero-order chi connectivity index (χ0) is 55.2. The van der Waals surface area contributed by atoms with E-state index in [0.717, 1.165) is 21.6 Å². The van der Waals surface area contributed by atoms with Gasteiger partial charge in [0.2, 0.25) is 65.0 Å². The van der Waals surface area contributed by atoms with Crippen molar-refractivity contribution in [1.29, 1.82) is 0 Å². The van der Waals surface area contributed by atoms with Crippen LogP contribution in [0, 0.1) is 0 Å². The first-order valence-corrected chi connectivity index (χ1v) is 26.2. The van der Waals surface area contributed by atoms with Gasteiger partial charge in [-0.05, 0) is 55.4 Å². The molecule has 0 aliphatic carbocycles. The highest BCUT2D eigenvalue weighted by atomic mass is 33.1. The number of nitrogens with one attached hydrogen (secondary N) is 7. The van der Waals surface area contributed by atoms with E-state index < -0.39 is 139 Å². The number of amides is 11. The molecule has 4 unspecified atom stereocenters. The first kappa shape index (κ1) is 59.9. The Kier molecular flexibility index (Phi) is 23.9. The Morgan fingerprint density at radius 2 is 1.28 bits per heavy atom. The van der Waals surface area contributed by atoms with Gasteiger partial charge in [0.15, 0.2) is 5.96 Å². The maximum atomic E-state index is 14.6. The second-order valence-corrected chi connectivity index (χ2v) is 20.2. The molecule has 0 radical (unpaired) electrons. The van der Waals surface area contributed by atoms with E-state index in [1.807, 2.05) is 0 Å². The van der Waals surface area contributed by atoms with Gasteiger partial charge >= 0.3 is 0 Å². The van der Waals surface area contributed by atoms with Crippen molar-refractivity contribution in [2.24, 2.45) is 39.4 Å². The van der Waals surface area contributed by atoms with E-state index in [4.69, 9.17) is 34.4 Å². The summed E-state index contributed by atoms with van der Waals surface area (Å²) in [6, 6.07) is 2.80. The van der Waals surface area contributed by atoms with Crippen molar-refractivity contribution in [2.75, 3.05) is 31.1 Å². The van der Waals surface area contributed by atoms with Crippen molar-refractivity contribution in [3.8, 4) is 5.75 Å². The smallest absolute Gasteiger partial charge is 0.246 e. The number of nitrogens with two attached hydrogens (primary N) is 6. The third-order valence-corrected chi connectivity index (χ3v) is 14.1. The third-order valence-electron chi connectivity index (χ3n) is 11.6. The Morgan fingerprint density at radius 1 is 0.707 bits per heavy atom. The van der Waals surface area contributed by atoms with Crippen molar-refractivity contribution in [2.45, 2.75) is 106 Å². The van der Waals surface area contributed by atoms with Gasteiger partial charge in [0.25, 0.3) is 0 Å². The lowest BCUT2D eigenvalue weighted by molar-refractivity contribution is -0.142. The predicted molar refractivity (Wildman–Crippen MR) is 276 cm³/mol. The summed E-state index contributed by atoms with van der Waals surface area (Å²) < 4.78 is 0. The minimum atomic E-state index is -1.80. The molecule has 8 atom stereocenters. The Hall–Kier alpha value is -7.66. The van der Waals surface area contributed by atoms with Gasteiger partial charge < -0.3 is 81.6 Å². The molecule has 11 amide bonds. The quantitative estimate of drug-likeness (QED) is 0.0270. The lowest BCUT2D eigenvalue weighted by atomic mass is 10.0. The van der Waals surface area contributed by atoms with E-state index in [2.05, 4.69) is 42.2 Å². The Bertz CT molecular complexity index is 2420. The van der Waals surface area contributed by atoms with Crippen LogP contribution < -0.4 is 71.6 Å². The molecule has 4 rings (SSSR count). The number of primary amides is 3. The van der Waals surface area contributed by atoms with Gasteiger partial charge in [-0.2, -0.15) is 0 Å². The first-order valence-electron chi connectivity index (χ1n) is 23.7. The molecule has 0 saturated carbocycles. The van der Waals surface area contributed by atoms with E-state index in [0.29, 0.717) is 17.5 Å². The van der Waals surface area contributed by atoms with Crippen LogP contribution in [0.15, 0.2) is 59.6 Å². The van der Waals surface area contributed by atoms with E-state index in [9.17, 15) is 57.8 Å². The van der Waals surface area contributed by atoms with Crippen LogP contribution in [0.5, 0.6) is 5.75 Å². The molecule has 408 valence electrons. The molecular formula is C46H65N15O12S2. The number of carbonyl (C=O) groups is 11. The topological polar surface area (TPSA) is 464 Å². The lowest BCUT2D eigenvalue weighted by Gasteiger charge is -2.31. The molecule has 2 aliphatic rings. The summed E-state index contributed by atoms with van der Waals surface area (Å²) in [5.41, 5.74) is 34.4. The summed E-state index contributed by atoms with van der Waals surface area (Å²) in [6.07, 6.45) is -1.38. The highest BCUT2D eigenvalue weighted by Crippen LogP contribution is 2.26. The van der Waals surface area contributed by atoms with Crippen LogP contribution in [0.3, 0.4) is 0 Å². The molecule has 0 spiro atoms. The normalized spacial score (nSPS) is 22.6. The predicted octanol–water partition coefficient (Wildman–Crippen LogP) is -5.40. The molecule has 2 saturated heterocycles. The Balaban J connectivity index is 1.71. The van der Waals surface area contributed by atoms with Gasteiger partial charge in [0.1, 0.15) is 48.0 Å². The van der Waals surface area contributed by atoms with E-state index in [-0.39, 0.29) is 68.4 Å². The van der Waals surface area contributed by atoms with Crippen molar-refractivity contribution in [1.82, 2.24) is 42.1 Å². The molecule has 2 fully saturated rings. The highest BCUT2D eigenvalue weighted by Gasteiger charge is 2.40. The zero-order valence-electron chi connectivity index (χ0n) is 40.8. The molecule has 2 heterocycles. The number of nitrogens with zero attached hydrogens (tertiary/aromatic N) is 2. The fraction of sp³-hybridized carbons (Fsp3) is 0.478. The molecule has 0 aromatic heterocycles. The van der Waals surface area contributed by atoms with Crippen molar-refractivity contribution in [3.05, 3.63) is 65.7 Å². The van der Waals surface area contributed by atoms with E-state index >= 15 is 0 Å². The van der Waals surface area contributed by atoms with Crippen LogP contribution in [-0.2, 0) is 65.6 Å². The van der Waals surface area contributed by atoms with Gasteiger partial charge in [0, 0.05) is 43.9 Å². The van der Waals surface area contributed by atoms with Gasteiger partial charge in [-0.1, -0.05) is 64.1 Å². The van der Waals surface area contributed by atoms with Crippen molar-refractivity contribution >= 4 is 92.5 Å². The van der Waals surface area contributed by atoms with Crippen LogP contribution >= 0.6 is 21.6 Å². The van der Waals surface area contributed by atoms with Crippen LogP contribution in [0.1, 0.15) is 56.1 Å². The zero-order valence-corrected chi connectivity index (χ0v) is 42.5. The molecule has 0 bridgehead atoms. The third kappa shape index (κ3) is 20.3. The standard InChI is InChI=1S/C46H65N15O12S2/c47-27-22-74-75-23-33(45(73)61-17-5-9-34(61)44(72)56-28(8-4-16-53-46(51)52)39(67)54-21-37(50)65)60-43(71)32(20-36(49)64)59-40(68)29(14-15-35(48)63)55-41(69)31(18-24-6-2-1-3-7-24)58-42(70)30(57-38(27)66)19-25-10-12-26(62)13-11-25/h1-3,6-7,10-13,27-34,62H,4-5,8-9,14-23,47H2,(H2,48,63)(H2,49,64)(H2,50,65)(H,54,67)(H,55,69)(H,56,72)(H,57,66)(H,58,70)(H,59,68)(H,60,71)(H4,51,52,53)/t27-,28-,29?,30?,31-,32?,33-,34?/m0/s1. The van der Waals surface area contributed by atoms with Crippen molar-refractivity contribution < 1.29 is 57.8 Å². The summed E-state index contributed by atoms with van der Waals surface area (Å²) in [6.45, 7) is -0.443. The van der Waals surface area contributed by atoms with Crippen LogP contribution in [0.25, 0.3) is 0 Å². The maximum absolute atomic E-state index is 14.6. The average molecular weight is 1080 g/mol. The molecule has 75 heavy (non-hydrogen) atoms. The van der Waals surface area contributed by atoms with Crippen LogP contribution in [0.4, 0.5) is 0 Å². The number of aliphatic imine (C=N–C) groups is 1. The monoisotopic (exact) mass is 1080 g/mol. The second-order valence-electron chi connectivity index (χ2n) is 17.6. The van der Waals surface area contributed by atoms with E-state index in [1.54, 1.807) is 30.3 Å². The van der Waals surface area contributed by atoms with Gasteiger partial charge in [-0.25, -0.2) is 0 Å². The number of carbonyl (C=O) groups excluding carboxylic acids is 11. The molecule has 20 N–H and O–H groups in total. The molecular weight excluding hydrogens is 1020 g/mol. The van der Waals surface area contributed by atoms with Gasteiger partial charge in [0.05, 0.1) is 19.0 Å². The fourth-order valence-corrected chi connectivity index (χ4v) is 10.1. The second kappa shape index (κ2) is 29.9. The molecule has 29 heteroatoms. The van der Waals surface area contributed by atoms with Crippen LogP contribution in [0.2, 0.25) is 0 Å². The number of phenolic OH excluding ortho intramolecular Hbond substituents is 1. The minimum Gasteiger partial charge on any atom is -0.508 e. The maximum Gasteiger partial charge on any atom is 0.246 e. The SMILES string of the molecule is NC(=O)CCC1NC(=O)[C@H](Cc2ccccc2)NC(=O)C(Cc2ccc(O)cc2)NC(=O)[C@@H](N)CSSC[C@@H](C(=O)N2CCCC2C(=O)N[C@@H](CCCN=C(N)N)C(=O)NCC(N)=O)NC(=O)C(CC(N)=O)NC1=O. The number of rotatable bonds is 19. The number of guanidine groups is 1. The summed E-state index contributed by atoms with van der Waals surface area (Å²) >= 11 is 0. The summed E-state index contributed by atoms with van der Waals surface area (Å²) in [7, 11) is 1.99. The number of phenols is 1. The highest BCUT2D eigenvalue weighted by molar-refractivity contribution is 8.76. The first-order chi connectivity index (χ1) is 35.6. The number of hydrogen-bond acceptors (Lipinski definition) is 16. The van der Waals surface area contributed by atoms with Crippen molar-refractivity contribution in [3.63, 3.8) is 0 Å². The Morgan fingerprint density at radius 3 is 1.89 bits per heavy atom. The van der Waals surface area contributed by atoms with E-state index in [1.165, 1.54) is 29.2 Å². The largest absolute Gasteiger partial charge is 0.508 e. The lowest BCUT2D eigenvalue weighted by Crippen LogP contribution is -2.61. The average Bonchev–Trinajstić information content (AvgIpc) is 3.86. The minimum absolute atomic E-state index is 0.00106. The summed E-state index contributed by atoms with van der Waals surface area (Å²) in [5, 5.41) is 27.6. The summed E-state index contributed by atoms with van der Waals surface area (Å²) in [5.74, 6) is -10.5. The van der Waals surface area contributed by atoms with Crippen LogP contribution in [-0.4, -0.2) is 160 Å². The fourth-order valence-electron chi connectivity index (χ4n) is 7.80. The summed E-state index contributed by atoms with van der Waals surface area (Å²) in [4.78, 5) is 153. The number of benzene rings is 2. The molecule has 2 aromatic rings. The number of aromatic hydroxyl groups is 1. The van der Waals surface area contributed by atoms with Gasteiger partial charge in [-0.3, -0.25) is 57.7 Å². The van der Waals surface area contributed by atoms with Gasteiger partial charge in [-0.15, -0.1) is 0 Å². The number of likely N-dealkylation sites (tertiary alicyclic amines) is 1. The molecule has 2 aromatic carbocycles.